The van der Waals surface area contributed by atoms with Gasteiger partial charge >= 0.3 is 0 Å². The molecule has 0 amide bonds. The molecule has 0 radical (unpaired) electrons. The van der Waals surface area contributed by atoms with Crippen molar-refractivity contribution in [2.75, 3.05) is 18.5 Å². The molecular weight excluding hydrogens is 269 g/mol. The molecule has 2 aromatic carbocycles. The molecular formula is C16H18FN3O. The molecule has 0 fully saturated rings. The minimum absolute atomic E-state index is 0.148. The molecule has 110 valence electrons. The van der Waals surface area contributed by atoms with E-state index in [1.54, 1.807) is 12.1 Å². The first-order valence-corrected chi connectivity index (χ1v) is 6.61. The van der Waals surface area contributed by atoms with E-state index < -0.39 is 0 Å². The highest BCUT2D eigenvalue weighted by Gasteiger charge is 2.19. The summed E-state index contributed by atoms with van der Waals surface area (Å²) in [5.74, 6) is -0.371. The summed E-state index contributed by atoms with van der Waals surface area (Å²) < 4.78 is 13.0. The van der Waals surface area contributed by atoms with Crippen LogP contribution >= 0.6 is 0 Å². The molecule has 0 aliphatic heterocycles. The minimum atomic E-state index is -0.275. The maximum Gasteiger partial charge on any atom is 0.148 e. The Labute approximate surface area is 123 Å². The number of likely N-dealkylation sites (N-methyl/N-ethyl adjacent to an activating group) is 1. The van der Waals surface area contributed by atoms with E-state index in [4.69, 9.17) is 10.9 Å². The number of benzene rings is 2. The summed E-state index contributed by atoms with van der Waals surface area (Å²) in [5, 5.41) is 12.1. The van der Waals surface area contributed by atoms with Crippen LogP contribution in [-0.4, -0.2) is 24.6 Å². The number of nitrogens with zero attached hydrogens (tertiary/aromatic N) is 2. The van der Waals surface area contributed by atoms with Crippen molar-refractivity contribution in [2.24, 2.45) is 10.9 Å². The van der Waals surface area contributed by atoms with E-state index in [1.165, 1.54) is 12.1 Å². The molecule has 0 spiro atoms. The van der Waals surface area contributed by atoms with Gasteiger partial charge in [-0.3, -0.25) is 0 Å². The van der Waals surface area contributed by atoms with E-state index in [2.05, 4.69) is 5.16 Å². The highest BCUT2D eigenvalue weighted by Crippen LogP contribution is 2.21. The predicted molar refractivity (Wildman–Crippen MR) is 82.3 cm³/mol. The minimum Gasteiger partial charge on any atom is -0.409 e. The van der Waals surface area contributed by atoms with Crippen LogP contribution in [0.3, 0.4) is 0 Å². The van der Waals surface area contributed by atoms with Crippen molar-refractivity contribution in [3.8, 4) is 0 Å². The number of hydrogen-bond donors (Lipinski definition) is 2. The van der Waals surface area contributed by atoms with Gasteiger partial charge in [0.25, 0.3) is 0 Å². The predicted octanol–water partition coefficient (Wildman–Crippen LogP) is 2.79. The van der Waals surface area contributed by atoms with Gasteiger partial charge in [0, 0.05) is 19.3 Å². The zero-order valence-corrected chi connectivity index (χ0v) is 11.8. The summed E-state index contributed by atoms with van der Waals surface area (Å²) in [4.78, 5) is 1.94. The third kappa shape index (κ3) is 3.72. The van der Waals surface area contributed by atoms with Crippen molar-refractivity contribution >= 4 is 11.5 Å². The smallest absolute Gasteiger partial charge is 0.148 e. The van der Waals surface area contributed by atoms with E-state index in [0.717, 1.165) is 11.3 Å². The Bertz CT molecular complexity index is 599. The fraction of sp³-hybridized carbons (Fsp3) is 0.188. The van der Waals surface area contributed by atoms with Crippen LogP contribution in [0.4, 0.5) is 10.1 Å². The first-order valence-electron chi connectivity index (χ1n) is 6.61. The molecule has 2 aromatic rings. The van der Waals surface area contributed by atoms with Gasteiger partial charge in [-0.1, -0.05) is 35.5 Å². The fourth-order valence-electron chi connectivity index (χ4n) is 2.20. The van der Waals surface area contributed by atoms with Crippen LogP contribution < -0.4 is 10.6 Å². The number of rotatable bonds is 5. The third-order valence-corrected chi connectivity index (χ3v) is 3.40. The zero-order chi connectivity index (χ0) is 15.2. The van der Waals surface area contributed by atoms with Gasteiger partial charge in [-0.15, -0.1) is 0 Å². The lowest BCUT2D eigenvalue weighted by Gasteiger charge is -2.25. The lowest BCUT2D eigenvalue weighted by Crippen LogP contribution is -2.33. The molecule has 0 bridgehead atoms. The average molecular weight is 287 g/mol. The molecule has 21 heavy (non-hydrogen) atoms. The van der Waals surface area contributed by atoms with Crippen LogP contribution in [-0.2, 0) is 0 Å². The number of amidine groups is 1. The lowest BCUT2D eigenvalue weighted by atomic mass is 9.97. The van der Waals surface area contributed by atoms with Gasteiger partial charge < -0.3 is 15.8 Å². The Balaban J connectivity index is 2.21. The summed E-state index contributed by atoms with van der Waals surface area (Å²) >= 11 is 0. The second kappa shape index (κ2) is 6.74. The summed E-state index contributed by atoms with van der Waals surface area (Å²) in [6.07, 6.45) is 0. The second-order valence-corrected chi connectivity index (χ2v) is 4.85. The topological polar surface area (TPSA) is 61.8 Å². The molecule has 0 saturated heterocycles. The van der Waals surface area contributed by atoms with Crippen molar-refractivity contribution in [1.82, 2.24) is 0 Å². The maximum absolute atomic E-state index is 13.0. The highest BCUT2D eigenvalue weighted by atomic mass is 19.1. The van der Waals surface area contributed by atoms with E-state index in [1.807, 2.05) is 42.3 Å². The molecule has 0 heterocycles. The van der Waals surface area contributed by atoms with E-state index in [9.17, 15) is 4.39 Å². The van der Waals surface area contributed by atoms with Crippen LogP contribution in [0, 0.1) is 5.82 Å². The van der Waals surface area contributed by atoms with Crippen molar-refractivity contribution in [3.63, 3.8) is 0 Å². The molecule has 4 nitrogen and oxygen atoms in total. The molecule has 0 saturated carbocycles. The van der Waals surface area contributed by atoms with Crippen molar-refractivity contribution in [3.05, 3.63) is 66.0 Å². The number of nitrogens with two attached hydrogens (primary N) is 1. The van der Waals surface area contributed by atoms with Gasteiger partial charge in [0.2, 0.25) is 0 Å². The van der Waals surface area contributed by atoms with Gasteiger partial charge in [-0.25, -0.2) is 4.39 Å². The number of oxime groups is 1. The van der Waals surface area contributed by atoms with Gasteiger partial charge in [0.15, 0.2) is 0 Å². The largest absolute Gasteiger partial charge is 0.409 e. The van der Waals surface area contributed by atoms with Crippen LogP contribution in [0.25, 0.3) is 0 Å². The molecule has 0 aliphatic carbocycles. The fourth-order valence-corrected chi connectivity index (χ4v) is 2.20. The Morgan fingerprint density at radius 2 is 1.81 bits per heavy atom. The zero-order valence-electron chi connectivity index (χ0n) is 11.8. The van der Waals surface area contributed by atoms with Crippen molar-refractivity contribution < 1.29 is 9.60 Å². The normalized spacial score (nSPS) is 13.0. The van der Waals surface area contributed by atoms with Gasteiger partial charge in [-0.2, -0.15) is 0 Å². The van der Waals surface area contributed by atoms with Gasteiger partial charge in [-0.05, 0) is 29.8 Å². The van der Waals surface area contributed by atoms with Crippen LogP contribution in [0.15, 0.2) is 59.8 Å². The molecule has 3 N–H and O–H groups in total. The number of hydrogen-bond acceptors (Lipinski definition) is 3. The average Bonchev–Trinajstić information content (AvgIpc) is 2.53. The highest BCUT2D eigenvalue weighted by molar-refractivity contribution is 5.87. The Morgan fingerprint density at radius 1 is 1.19 bits per heavy atom. The van der Waals surface area contributed by atoms with E-state index in [0.29, 0.717) is 6.54 Å². The van der Waals surface area contributed by atoms with Gasteiger partial charge in [0.1, 0.15) is 11.7 Å². The molecule has 0 aromatic heterocycles. The quantitative estimate of drug-likeness (QED) is 0.385. The van der Waals surface area contributed by atoms with E-state index in [-0.39, 0.29) is 17.6 Å². The third-order valence-electron chi connectivity index (χ3n) is 3.40. The maximum atomic E-state index is 13.0. The second-order valence-electron chi connectivity index (χ2n) is 4.85. The van der Waals surface area contributed by atoms with Crippen molar-refractivity contribution in [1.29, 1.82) is 0 Å². The number of anilines is 1. The molecule has 1 atom stereocenters. The van der Waals surface area contributed by atoms with Crippen molar-refractivity contribution in [2.45, 2.75) is 5.92 Å². The summed E-state index contributed by atoms with van der Waals surface area (Å²) in [6.45, 7) is 0.519. The van der Waals surface area contributed by atoms with Crippen LogP contribution in [0.5, 0.6) is 0 Å². The molecule has 1 unspecified atom stereocenters. The Morgan fingerprint density at radius 3 is 2.38 bits per heavy atom. The number of halogens is 1. The Hall–Kier alpha value is -2.56. The van der Waals surface area contributed by atoms with Gasteiger partial charge in [0.05, 0.1) is 5.92 Å². The lowest BCUT2D eigenvalue weighted by molar-refractivity contribution is 0.316. The molecule has 2 rings (SSSR count). The first-order chi connectivity index (χ1) is 10.1. The van der Waals surface area contributed by atoms with Crippen LogP contribution in [0.2, 0.25) is 0 Å². The molecule has 0 aliphatic rings. The van der Waals surface area contributed by atoms with E-state index >= 15 is 0 Å². The summed E-state index contributed by atoms with van der Waals surface area (Å²) in [5.41, 5.74) is 7.64. The Kier molecular flexibility index (Phi) is 4.77. The monoisotopic (exact) mass is 287 g/mol. The summed E-state index contributed by atoms with van der Waals surface area (Å²) in [7, 11) is 1.88. The summed E-state index contributed by atoms with van der Waals surface area (Å²) in [6, 6.07) is 15.8. The standard InChI is InChI=1S/C16H18FN3O/c1-20(14-9-7-13(17)8-10-14)11-15(16(18)19-21)12-5-3-2-4-6-12/h2-10,15,21H,11H2,1H3,(H2,18,19). The first kappa shape index (κ1) is 14.8. The SMILES string of the molecule is CN(CC(C(N)=NO)c1ccccc1)c1ccc(F)cc1. The molecule has 5 heteroatoms. The van der Waals surface area contributed by atoms with Crippen LogP contribution in [0.1, 0.15) is 11.5 Å².